The van der Waals surface area contributed by atoms with E-state index < -0.39 is 0 Å². The van der Waals surface area contributed by atoms with Gasteiger partial charge in [0.05, 0.1) is 6.54 Å². The minimum atomic E-state index is -0.213. The standard InChI is InChI=1S/C21H27FN4O/c1-3-23-21(26-15-17-11-10-16(2)19(22)14-17)25-13-7-12-24-20(27)18-8-5-4-6-9-18/h4-6,8-11,14H,3,7,12-13,15H2,1-2H3,(H,24,27)(H2,23,25,26). The molecule has 0 bridgehead atoms. The van der Waals surface area contributed by atoms with E-state index in [0.29, 0.717) is 36.7 Å². The first-order valence-corrected chi connectivity index (χ1v) is 9.20. The molecule has 0 aliphatic carbocycles. The van der Waals surface area contributed by atoms with E-state index in [-0.39, 0.29) is 11.7 Å². The summed E-state index contributed by atoms with van der Waals surface area (Å²) in [6, 6.07) is 14.3. The Kier molecular flexibility index (Phi) is 8.29. The smallest absolute Gasteiger partial charge is 0.251 e. The normalized spacial score (nSPS) is 11.1. The van der Waals surface area contributed by atoms with Crippen LogP contribution in [-0.2, 0) is 6.54 Å². The summed E-state index contributed by atoms with van der Waals surface area (Å²) in [6.45, 7) is 6.11. The van der Waals surface area contributed by atoms with Gasteiger partial charge >= 0.3 is 0 Å². The van der Waals surface area contributed by atoms with Crippen molar-refractivity contribution in [2.45, 2.75) is 26.8 Å². The van der Waals surface area contributed by atoms with Gasteiger partial charge in [-0.3, -0.25) is 4.79 Å². The highest BCUT2D eigenvalue weighted by atomic mass is 19.1. The third-order valence-electron chi connectivity index (χ3n) is 3.97. The molecule has 3 N–H and O–H groups in total. The Hall–Kier alpha value is -2.89. The number of nitrogens with one attached hydrogen (secondary N) is 3. The topological polar surface area (TPSA) is 65.5 Å². The molecule has 0 spiro atoms. The SMILES string of the molecule is CCNC(=NCc1ccc(C)c(F)c1)NCCCNC(=O)c1ccccc1. The van der Waals surface area contributed by atoms with Crippen LogP contribution in [0.4, 0.5) is 4.39 Å². The fourth-order valence-corrected chi connectivity index (χ4v) is 2.44. The van der Waals surface area contributed by atoms with E-state index >= 15 is 0 Å². The molecule has 27 heavy (non-hydrogen) atoms. The molecule has 0 atom stereocenters. The number of rotatable bonds is 8. The number of nitrogens with zero attached hydrogens (tertiary/aromatic N) is 1. The van der Waals surface area contributed by atoms with Crippen LogP contribution in [0.2, 0.25) is 0 Å². The van der Waals surface area contributed by atoms with Crippen LogP contribution in [0.3, 0.4) is 0 Å². The molecule has 0 fully saturated rings. The summed E-state index contributed by atoms with van der Waals surface area (Å²) in [5.41, 5.74) is 2.11. The second-order valence-corrected chi connectivity index (χ2v) is 6.18. The van der Waals surface area contributed by atoms with Crippen LogP contribution in [0, 0.1) is 12.7 Å². The minimum Gasteiger partial charge on any atom is -0.357 e. The molecule has 2 aromatic carbocycles. The number of guanidine groups is 1. The van der Waals surface area contributed by atoms with Gasteiger partial charge in [0, 0.05) is 25.2 Å². The van der Waals surface area contributed by atoms with Crippen molar-refractivity contribution in [1.82, 2.24) is 16.0 Å². The predicted octanol–water partition coefficient (Wildman–Crippen LogP) is 3.01. The van der Waals surface area contributed by atoms with E-state index in [1.165, 1.54) is 6.07 Å². The van der Waals surface area contributed by atoms with Gasteiger partial charge in [0.15, 0.2) is 5.96 Å². The van der Waals surface area contributed by atoms with Gasteiger partial charge < -0.3 is 16.0 Å². The van der Waals surface area contributed by atoms with Gasteiger partial charge in [0.2, 0.25) is 0 Å². The van der Waals surface area contributed by atoms with Gasteiger partial charge in [-0.25, -0.2) is 9.38 Å². The molecule has 1 amide bonds. The first-order valence-electron chi connectivity index (χ1n) is 9.20. The molecule has 6 heteroatoms. The summed E-state index contributed by atoms with van der Waals surface area (Å²) < 4.78 is 13.6. The third-order valence-corrected chi connectivity index (χ3v) is 3.97. The Balaban J connectivity index is 1.75. The van der Waals surface area contributed by atoms with Crippen molar-refractivity contribution in [1.29, 1.82) is 0 Å². The second-order valence-electron chi connectivity index (χ2n) is 6.18. The lowest BCUT2D eigenvalue weighted by atomic mass is 10.1. The molecular weight excluding hydrogens is 343 g/mol. The van der Waals surface area contributed by atoms with Crippen molar-refractivity contribution in [2.75, 3.05) is 19.6 Å². The summed E-state index contributed by atoms with van der Waals surface area (Å²) in [5.74, 6) is 0.389. The first-order chi connectivity index (χ1) is 13.1. The Labute approximate surface area is 160 Å². The number of carbonyl (C=O) groups excluding carboxylic acids is 1. The number of benzene rings is 2. The van der Waals surface area contributed by atoms with Crippen molar-refractivity contribution >= 4 is 11.9 Å². The van der Waals surface area contributed by atoms with Gasteiger partial charge in [-0.15, -0.1) is 0 Å². The van der Waals surface area contributed by atoms with Crippen LogP contribution in [0.25, 0.3) is 0 Å². The van der Waals surface area contributed by atoms with Gasteiger partial charge in [-0.1, -0.05) is 30.3 Å². The third kappa shape index (κ3) is 7.09. The molecule has 2 rings (SSSR count). The minimum absolute atomic E-state index is 0.0717. The zero-order valence-corrected chi connectivity index (χ0v) is 15.9. The maximum atomic E-state index is 13.6. The lowest BCUT2D eigenvalue weighted by Crippen LogP contribution is -2.38. The molecule has 0 unspecified atom stereocenters. The first kappa shape index (κ1) is 20.4. The van der Waals surface area contributed by atoms with E-state index in [9.17, 15) is 9.18 Å². The van der Waals surface area contributed by atoms with Crippen LogP contribution in [-0.4, -0.2) is 31.5 Å². The number of hydrogen-bond donors (Lipinski definition) is 3. The fourth-order valence-electron chi connectivity index (χ4n) is 2.44. The molecular formula is C21H27FN4O. The van der Waals surface area contributed by atoms with Gasteiger partial charge in [-0.2, -0.15) is 0 Å². The molecule has 0 aliphatic rings. The van der Waals surface area contributed by atoms with Crippen molar-refractivity contribution in [3.63, 3.8) is 0 Å². The number of carbonyl (C=O) groups is 1. The largest absolute Gasteiger partial charge is 0.357 e. The summed E-state index contributed by atoms with van der Waals surface area (Å²) in [5, 5.41) is 9.28. The Morgan fingerprint density at radius 2 is 1.78 bits per heavy atom. The molecule has 0 saturated heterocycles. The van der Waals surface area contributed by atoms with Crippen molar-refractivity contribution in [2.24, 2.45) is 4.99 Å². The van der Waals surface area contributed by atoms with Crippen molar-refractivity contribution in [3.05, 3.63) is 71.0 Å². The zero-order chi connectivity index (χ0) is 19.5. The molecule has 5 nitrogen and oxygen atoms in total. The van der Waals surface area contributed by atoms with E-state index in [1.54, 1.807) is 25.1 Å². The van der Waals surface area contributed by atoms with Crippen LogP contribution >= 0.6 is 0 Å². The lowest BCUT2D eigenvalue weighted by Gasteiger charge is -2.12. The summed E-state index contributed by atoms with van der Waals surface area (Å²) in [7, 11) is 0. The molecule has 144 valence electrons. The highest BCUT2D eigenvalue weighted by molar-refractivity contribution is 5.94. The Morgan fingerprint density at radius 3 is 2.48 bits per heavy atom. The molecule has 0 radical (unpaired) electrons. The number of amides is 1. The molecule has 0 heterocycles. The Bertz CT molecular complexity index is 762. The molecule has 0 saturated carbocycles. The van der Waals surface area contributed by atoms with Crippen molar-refractivity contribution in [3.8, 4) is 0 Å². The lowest BCUT2D eigenvalue weighted by molar-refractivity contribution is 0.0953. The Morgan fingerprint density at radius 1 is 1.04 bits per heavy atom. The number of halogens is 1. The maximum Gasteiger partial charge on any atom is 0.251 e. The van der Waals surface area contributed by atoms with Crippen LogP contribution < -0.4 is 16.0 Å². The highest BCUT2D eigenvalue weighted by Crippen LogP contribution is 2.09. The molecule has 0 aliphatic heterocycles. The maximum absolute atomic E-state index is 13.6. The number of aryl methyl sites for hydroxylation is 1. The number of hydrogen-bond acceptors (Lipinski definition) is 2. The van der Waals surface area contributed by atoms with Crippen LogP contribution in [0.15, 0.2) is 53.5 Å². The highest BCUT2D eigenvalue weighted by Gasteiger charge is 2.03. The van der Waals surface area contributed by atoms with Gasteiger partial charge in [0.25, 0.3) is 5.91 Å². The van der Waals surface area contributed by atoms with E-state index in [1.807, 2.05) is 31.2 Å². The average Bonchev–Trinajstić information content (AvgIpc) is 2.68. The average molecular weight is 370 g/mol. The summed E-state index contributed by atoms with van der Waals surface area (Å²) in [4.78, 5) is 16.4. The van der Waals surface area contributed by atoms with Crippen LogP contribution in [0.5, 0.6) is 0 Å². The monoisotopic (exact) mass is 370 g/mol. The predicted molar refractivity (Wildman–Crippen MR) is 107 cm³/mol. The summed E-state index contributed by atoms with van der Waals surface area (Å²) in [6.07, 6.45) is 0.766. The second kappa shape index (κ2) is 11.0. The number of aliphatic imine (C=N–C) groups is 1. The van der Waals surface area contributed by atoms with Gasteiger partial charge in [-0.05, 0) is 49.6 Å². The van der Waals surface area contributed by atoms with E-state index in [4.69, 9.17) is 0 Å². The summed E-state index contributed by atoms with van der Waals surface area (Å²) >= 11 is 0. The van der Waals surface area contributed by atoms with E-state index in [2.05, 4.69) is 20.9 Å². The van der Waals surface area contributed by atoms with Crippen molar-refractivity contribution < 1.29 is 9.18 Å². The zero-order valence-electron chi connectivity index (χ0n) is 15.9. The quantitative estimate of drug-likeness (QED) is 0.380. The van der Waals surface area contributed by atoms with E-state index in [0.717, 1.165) is 18.5 Å². The fraction of sp³-hybridized carbons (Fsp3) is 0.333. The van der Waals surface area contributed by atoms with Gasteiger partial charge in [0.1, 0.15) is 5.82 Å². The van der Waals surface area contributed by atoms with Crippen LogP contribution in [0.1, 0.15) is 34.8 Å². The molecule has 2 aromatic rings. The molecule has 0 aromatic heterocycles.